The normalized spacial score (nSPS) is 11.3. The van der Waals surface area contributed by atoms with E-state index in [0.717, 1.165) is 0 Å². The summed E-state index contributed by atoms with van der Waals surface area (Å²) in [5.41, 5.74) is 0. The van der Waals surface area contributed by atoms with Crippen molar-refractivity contribution in [3.63, 3.8) is 0 Å². The van der Waals surface area contributed by atoms with Gasteiger partial charge in [0.05, 0.1) is 0 Å². The summed E-state index contributed by atoms with van der Waals surface area (Å²) in [7, 11) is 0. The molecule has 0 atom stereocenters. The SMILES string of the molecule is CCCCCCCCCCC[CH]CCCCCCCCCCCCCC. The molecular formula is C26H53. The molecule has 0 amide bonds. The number of hydrogen-bond acceptors (Lipinski definition) is 0. The first-order valence-electron chi connectivity index (χ1n) is 12.7. The highest BCUT2D eigenvalue weighted by Gasteiger charge is 1.95. The highest BCUT2D eigenvalue weighted by Crippen LogP contribution is 2.15. The van der Waals surface area contributed by atoms with Crippen LogP contribution in [0.15, 0.2) is 0 Å². The predicted molar refractivity (Wildman–Crippen MR) is 122 cm³/mol. The van der Waals surface area contributed by atoms with E-state index in [1.165, 1.54) is 148 Å². The molecule has 0 heterocycles. The summed E-state index contributed by atoms with van der Waals surface area (Å²) >= 11 is 0. The molecule has 0 aromatic rings. The lowest BCUT2D eigenvalue weighted by molar-refractivity contribution is 0.539. The maximum atomic E-state index is 2.57. The van der Waals surface area contributed by atoms with Gasteiger partial charge in [-0.05, 0) is 6.42 Å². The molecule has 0 spiro atoms. The van der Waals surface area contributed by atoms with Crippen LogP contribution >= 0.6 is 0 Å². The fraction of sp³-hybridized carbons (Fsp3) is 0.962. The third-order valence-electron chi connectivity index (χ3n) is 5.77. The van der Waals surface area contributed by atoms with E-state index in [9.17, 15) is 0 Å². The molecule has 0 fully saturated rings. The van der Waals surface area contributed by atoms with Crippen LogP contribution in [-0.2, 0) is 0 Å². The highest BCUT2D eigenvalue weighted by molar-refractivity contribution is 4.64. The predicted octanol–water partition coefficient (Wildman–Crippen LogP) is 10.2. The summed E-state index contributed by atoms with van der Waals surface area (Å²) in [5.74, 6) is 0. The molecular weight excluding hydrogens is 312 g/mol. The molecule has 0 heteroatoms. The molecule has 26 heavy (non-hydrogen) atoms. The Morgan fingerprint density at radius 1 is 0.308 bits per heavy atom. The molecule has 1 radical (unpaired) electrons. The van der Waals surface area contributed by atoms with Gasteiger partial charge in [-0.15, -0.1) is 0 Å². The van der Waals surface area contributed by atoms with Crippen LogP contribution < -0.4 is 0 Å². The monoisotopic (exact) mass is 365 g/mol. The molecule has 0 rings (SSSR count). The van der Waals surface area contributed by atoms with Gasteiger partial charge in [0.25, 0.3) is 0 Å². The molecule has 157 valence electrons. The number of rotatable bonds is 23. The smallest absolute Gasteiger partial charge is 0.0386 e. The molecule has 0 saturated heterocycles. The lowest BCUT2D eigenvalue weighted by Crippen LogP contribution is -1.85. The standard InChI is InChI=1S/C26H53/c1-3-5-7-9-11-13-15-17-19-21-23-25-26-24-22-20-18-16-14-12-10-8-6-4-2/h23H,3-22,24-26H2,1-2H3. The van der Waals surface area contributed by atoms with E-state index in [4.69, 9.17) is 0 Å². The Kier molecular flexibility index (Phi) is 25.0. The Hall–Kier alpha value is 0. The van der Waals surface area contributed by atoms with E-state index >= 15 is 0 Å². The van der Waals surface area contributed by atoms with Crippen molar-refractivity contribution in [1.29, 1.82) is 0 Å². The minimum absolute atomic E-state index is 1.37. The lowest BCUT2D eigenvalue weighted by atomic mass is 10.0. The van der Waals surface area contributed by atoms with Gasteiger partial charge in [0.2, 0.25) is 0 Å². The fourth-order valence-corrected chi connectivity index (χ4v) is 3.87. The first-order chi connectivity index (χ1) is 12.9. The summed E-state index contributed by atoms with van der Waals surface area (Å²) in [5, 5.41) is 0. The van der Waals surface area contributed by atoms with Crippen LogP contribution in [0, 0.1) is 6.42 Å². The first-order valence-corrected chi connectivity index (χ1v) is 12.7. The summed E-state index contributed by atoms with van der Waals surface area (Å²) < 4.78 is 0. The van der Waals surface area contributed by atoms with Crippen LogP contribution in [0.3, 0.4) is 0 Å². The third kappa shape index (κ3) is 24.0. The van der Waals surface area contributed by atoms with Crippen molar-refractivity contribution in [2.75, 3.05) is 0 Å². The van der Waals surface area contributed by atoms with Gasteiger partial charge in [-0.25, -0.2) is 0 Å². The van der Waals surface area contributed by atoms with Crippen LogP contribution in [0.25, 0.3) is 0 Å². The zero-order valence-corrected chi connectivity index (χ0v) is 18.8. The first kappa shape index (κ1) is 26.0. The number of unbranched alkanes of at least 4 members (excludes halogenated alkanes) is 23. The van der Waals surface area contributed by atoms with Crippen LogP contribution in [0.2, 0.25) is 0 Å². The average molecular weight is 366 g/mol. The maximum absolute atomic E-state index is 2.57. The Bertz CT molecular complexity index is 196. The Morgan fingerprint density at radius 2 is 0.538 bits per heavy atom. The molecule has 0 aliphatic rings. The van der Waals surface area contributed by atoms with Crippen molar-refractivity contribution >= 4 is 0 Å². The van der Waals surface area contributed by atoms with Crippen molar-refractivity contribution in [3.8, 4) is 0 Å². The Balaban J connectivity index is 2.95. The second-order valence-electron chi connectivity index (χ2n) is 8.58. The zero-order chi connectivity index (χ0) is 19.0. The van der Waals surface area contributed by atoms with Crippen LogP contribution in [-0.4, -0.2) is 0 Å². The van der Waals surface area contributed by atoms with Crippen molar-refractivity contribution < 1.29 is 0 Å². The van der Waals surface area contributed by atoms with Gasteiger partial charge in [0.1, 0.15) is 0 Å². The Labute approximate surface area is 168 Å². The molecule has 0 nitrogen and oxygen atoms in total. The molecule has 0 unspecified atom stereocenters. The minimum Gasteiger partial charge on any atom is -0.0654 e. The average Bonchev–Trinajstić information content (AvgIpc) is 2.66. The van der Waals surface area contributed by atoms with Crippen LogP contribution in [0.5, 0.6) is 0 Å². The second-order valence-corrected chi connectivity index (χ2v) is 8.58. The van der Waals surface area contributed by atoms with Gasteiger partial charge >= 0.3 is 0 Å². The van der Waals surface area contributed by atoms with E-state index in [1.807, 2.05) is 0 Å². The summed E-state index contributed by atoms with van der Waals surface area (Å²) in [6.45, 7) is 4.60. The highest BCUT2D eigenvalue weighted by atomic mass is 14.0. The van der Waals surface area contributed by atoms with Crippen molar-refractivity contribution in [3.05, 3.63) is 6.42 Å². The van der Waals surface area contributed by atoms with E-state index in [-0.39, 0.29) is 0 Å². The molecule has 0 bridgehead atoms. The Morgan fingerprint density at radius 3 is 0.808 bits per heavy atom. The molecule has 0 N–H and O–H groups in total. The molecule has 0 aliphatic carbocycles. The van der Waals surface area contributed by atoms with Gasteiger partial charge in [-0.3, -0.25) is 0 Å². The molecule has 0 aromatic carbocycles. The fourth-order valence-electron chi connectivity index (χ4n) is 3.87. The molecule has 0 aliphatic heterocycles. The van der Waals surface area contributed by atoms with Crippen LogP contribution in [0.4, 0.5) is 0 Å². The van der Waals surface area contributed by atoms with E-state index in [1.54, 1.807) is 0 Å². The quantitative estimate of drug-likeness (QED) is 0.158. The van der Waals surface area contributed by atoms with Gasteiger partial charge in [0, 0.05) is 0 Å². The van der Waals surface area contributed by atoms with Gasteiger partial charge in [0.15, 0.2) is 0 Å². The summed E-state index contributed by atoms with van der Waals surface area (Å²) in [6.07, 6.45) is 35.9. The zero-order valence-electron chi connectivity index (χ0n) is 18.8. The summed E-state index contributed by atoms with van der Waals surface area (Å²) in [4.78, 5) is 0. The minimum atomic E-state index is 1.37. The number of hydrogen-bond donors (Lipinski definition) is 0. The van der Waals surface area contributed by atoms with Gasteiger partial charge in [-0.1, -0.05) is 162 Å². The van der Waals surface area contributed by atoms with Gasteiger partial charge < -0.3 is 0 Å². The largest absolute Gasteiger partial charge is 0.0654 e. The van der Waals surface area contributed by atoms with Crippen LogP contribution in [0.1, 0.15) is 162 Å². The maximum Gasteiger partial charge on any atom is -0.0386 e. The van der Waals surface area contributed by atoms with Gasteiger partial charge in [-0.2, -0.15) is 0 Å². The van der Waals surface area contributed by atoms with Crippen molar-refractivity contribution in [2.45, 2.75) is 162 Å². The molecule has 0 aromatic heterocycles. The van der Waals surface area contributed by atoms with E-state index in [0.29, 0.717) is 0 Å². The van der Waals surface area contributed by atoms with Crippen molar-refractivity contribution in [1.82, 2.24) is 0 Å². The van der Waals surface area contributed by atoms with E-state index in [2.05, 4.69) is 20.3 Å². The molecule has 0 saturated carbocycles. The van der Waals surface area contributed by atoms with Crippen molar-refractivity contribution in [2.24, 2.45) is 0 Å². The van der Waals surface area contributed by atoms with E-state index < -0.39 is 0 Å². The second kappa shape index (κ2) is 25.0. The third-order valence-corrected chi connectivity index (χ3v) is 5.77. The lowest BCUT2D eigenvalue weighted by Gasteiger charge is -2.04. The topological polar surface area (TPSA) is 0 Å². The summed E-state index contributed by atoms with van der Waals surface area (Å²) in [6, 6.07) is 0.